The van der Waals surface area contributed by atoms with E-state index in [9.17, 15) is 5.11 Å². The largest absolute Gasteiger partial charge is 0.457 e. The molecule has 0 radical (unpaired) electrons. The minimum atomic E-state index is -0.463. The molecule has 0 amide bonds. The molecule has 2 nitrogen and oxygen atoms in total. The highest BCUT2D eigenvalue weighted by atomic mass is 35.5. The summed E-state index contributed by atoms with van der Waals surface area (Å²) in [6.45, 7) is 1.88. The second-order valence-electron chi connectivity index (χ2n) is 7.37. The zero-order valence-electron chi connectivity index (χ0n) is 15.3. The first-order valence-electron chi connectivity index (χ1n) is 9.35. The van der Waals surface area contributed by atoms with Crippen molar-refractivity contribution in [3.8, 4) is 11.5 Å². The Labute approximate surface area is 165 Å². The molecule has 0 heterocycles. The first kappa shape index (κ1) is 18.1. The van der Waals surface area contributed by atoms with Gasteiger partial charge in [0, 0.05) is 16.4 Å². The van der Waals surface area contributed by atoms with Crippen LogP contribution in [0.4, 0.5) is 0 Å². The molecule has 0 aliphatic heterocycles. The van der Waals surface area contributed by atoms with Gasteiger partial charge in [-0.1, -0.05) is 54.1 Å². The van der Waals surface area contributed by atoms with Gasteiger partial charge in [-0.25, -0.2) is 0 Å². The van der Waals surface area contributed by atoms with Gasteiger partial charge in [-0.2, -0.15) is 0 Å². The molecular formula is C24H23ClO2. The molecule has 0 bridgehead atoms. The van der Waals surface area contributed by atoms with Gasteiger partial charge in [0.15, 0.2) is 0 Å². The average Bonchev–Trinajstić information content (AvgIpc) is 3.45. The predicted molar refractivity (Wildman–Crippen MR) is 110 cm³/mol. The maximum absolute atomic E-state index is 10.7. The van der Waals surface area contributed by atoms with E-state index in [2.05, 4.69) is 24.3 Å². The second kappa shape index (κ2) is 7.38. The van der Waals surface area contributed by atoms with E-state index >= 15 is 0 Å². The second-order valence-corrected chi connectivity index (χ2v) is 7.81. The molecule has 3 aromatic rings. The standard InChI is InChI=1S/C24H23ClO2/c1-17(26)23(24(14-15-24)19-10-12-20(25)13-11-19)18-6-5-9-22(16-18)27-21-7-3-2-4-8-21/h2-13,16-17,23,26H,14-15H2,1H3. The van der Waals surface area contributed by atoms with Crippen molar-refractivity contribution >= 4 is 11.6 Å². The van der Waals surface area contributed by atoms with Crippen molar-refractivity contribution < 1.29 is 9.84 Å². The molecule has 0 spiro atoms. The number of hydrogen-bond donors (Lipinski definition) is 1. The predicted octanol–water partition coefficient (Wildman–Crippen LogP) is 6.33. The van der Waals surface area contributed by atoms with E-state index in [-0.39, 0.29) is 11.3 Å². The summed E-state index contributed by atoms with van der Waals surface area (Å²) in [5.41, 5.74) is 2.31. The third kappa shape index (κ3) is 3.73. The summed E-state index contributed by atoms with van der Waals surface area (Å²) < 4.78 is 6.00. The quantitative estimate of drug-likeness (QED) is 0.543. The van der Waals surface area contributed by atoms with Gasteiger partial charge in [0.05, 0.1) is 6.10 Å². The van der Waals surface area contributed by atoms with Gasteiger partial charge in [0.2, 0.25) is 0 Å². The topological polar surface area (TPSA) is 29.5 Å². The lowest BCUT2D eigenvalue weighted by atomic mass is 9.75. The van der Waals surface area contributed by atoms with Crippen LogP contribution in [0.25, 0.3) is 0 Å². The lowest BCUT2D eigenvalue weighted by molar-refractivity contribution is 0.143. The van der Waals surface area contributed by atoms with E-state index in [1.54, 1.807) is 0 Å². The minimum Gasteiger partial charge on any atom is -0.457 e. The summed E-state index contributed by atoms with van der Waals surface area (Å²) in [5.74, 6) is 1.61. The van der Waals surface area contributed by atoms with E-state index in [1.165, 1.54) is 5.56 Å². The number of hydrogen-bond acceptors (Lipinski definition) is 2. The van der Waals surface area contributed by atoms with Crippen LogP contribution in [0.2, 0.25) is 5.02 Å². The number of rotatable bonds is 6. The van der Waals surface area contributed by atoms with Crippen LogP contribution in [-0.4, -0.2) is 11.2 Å². The third-order valence-electron chi connectivity index (χ3n) is 5.48. The monoisotopic (exact) mass is 378 g/mol. The molecule has 27 heavy (non-hydrogen) atoms. The van der Waals surface area contributed by atoms with Gasteiger partial charge >= 0.3 is 0 Å². The first-order chi connectivity index (χ1) is 13.1. The van der Waals surface area contributed by atoms with Crippen molar-refractivity contribution in [1.82, 2.24) is 0 Å². The van der Waals surface area contributed by atoms with Crippen molar-refractivity contribution in [2.45, 2.75) is 37.2 Å². The van der Waals surface area contributed by atoms with E-state index in [1.807, 2.05) is 61.5 Å². The molecule has 2 unspecified atom stereocenters. The lowest BCUT2D eigenvalue weighted by Crippen LogP contribution is -2.28. The summed E-state index contributed by atoms with van der Waals surface area (Å²) in [6.07, 6.45) is 1.66. The Kier molecular flexibility index (Phi) is 4.94. The zero-order chi connectivity index (χ0) is 18.9. The molecule has 4 rings (SSSR count). The average molecular weight is 379 g/mol. The van der Waals surface area contributed by atoms with Gasteiger partial charge in [-0.05, 0) is 67.3 Å². The van der Waals surface area contributed by atoms with Crippen molar-refractivity contribution in [3.05, 3.63) is 95.0 Å². The fourth-order valence-corrected chi connectivity index (χ4v) is 4.28. The molecule has 2 atom stereocenters. The van der Waals surface area contributed by atoms with Crippen molar-refractivity contribution in [1.29, 1.82) is 0 Å². The van der Waals surface area contributed by atoms with E-state index in [4.69, 9.17) is 16.3 Å². The normalized spacial score (nSPS) is 17.1. The maximum atomic E-state index is 10.7. The van der Waals surface area contributed by atoms with Crippen LogP contribution in [0.5, 0.6) is 11.5 Å². The van der Waals surface area contributed by atoms with Gasteiger partial charge in [0.25, 0.3) is 0 Å². The van der Waals surface area contributed by atoms with Crippen molar-refractivity contribution in [2.75, 3.05) is 0 Å². The molecule has 0 saturated heterocycles. The fraction of sp³-hybridized carbons (Fsp3) is 0.250. The number of para-hydroxylation sites is 1. The molecule has 3 heteroatoms. The number of aliphatic hydroxyl groups excluding tert-OH is 1. The van der Waals surface area contributed by atoms with Crippen LogP contribution in [0.1, 0.15) is 36.8 Å². The van der Waals surface area contributed by atoms with E-state index in [0.29, 0.717) is 0 Å². The molecule has 1 aliphatic rings. The summed E-state index contributed by atoms with van der Waals surface area (Å²) in [7, 11) is 0. The van der Waals surface area contributed by atoms with E-state index < -0.39 is 6.10 Å². The molecule has 138 valence electrons. The van der Waals surface area contributed by atoms with Gasteiger partial charge in [-0.3, -0.25) is 0 Å². The lowest BCUT2D eigenvalue weighted by Gasteiger charge is -2.31. The van der Waals surface area contributed by atoms with Gasteiger partial charge in [-0.15, -0.1) is 0 Å². The molecular weight excluding hydrogens is 356 g/mol. The first-order valence-corrected chi connectivity index (χ1v) is 9.73. The summed E-state index contributed by atoms with van der Waals surface area (Å²) in [4.78, 5) is 0. The SMILES string of the molecule is CC(O)C(c1cccc(Oc2ccccc2)c1)C1(c2ccc(Cl)cc2)CC1. The molecule has 3 aromatic carbocycles. The highest BCUT2D eigenvalue weighted by Crippen LogP contribution is 2.59. The van der Waals surface area contributed by atoms with Gasteiger partial charge in [0.1, 0.15) is 11.5 Å². The third-order valence-corrected chi connectivity index (χ3v) is 5.73. The fourth-order valence-electron chi connectivity index (χ4n) is 4.15. The Bertz CT molecular complexity index is 899. The summed E-state index contributed by atoms with van der Waals surface area (Å²) in [6, 6.07) is 25.9. The summed E-state index contributed by atoms with van der Waals surface area (Å²) in [5, 5.41) is 11.4. The van der Waals surface area contributed by atoms with Crippen LogP contribution in [0.15, 0.2) is 78.9 Å². The van der Waals surface area contributed by atoms with Crippen molar-refractivity contribution in [2.24, 2.45) is 0 Å². The maximum Gasteiger partial charge on any atom is 0.127 e. The molecule has 1 fully saturated rings. The Hall–Kier alpha value is -2.29. The van der Waals surface area contributed by atoms with Crippen LogP contribution in [0.3, 0.4) is 0 Å². The molecule has 1 N–H and O–H groups in total. The molecule has 1 aliphatic carbocycles. The number of benzene rings is 3. The minimum absolute atomic E-state index is 0.0120. The molecule has 1 saturated carbocycles. The highest BCUT2D eigenvalue weighted by Gasteiger charge is 2.52. The van der Waals surface area contributed by atoms with E-state index in [0.717, 1.165) is 34.9 Å². The number of ether oxygens (including phenoxy) is 1. The Balaban J connectivity index is 1.67. The number of halogens is 1. The smallest absolute Gasteiger partial charge is 0.127 e. The Morgan fingerprint density at radius 1 is 0.889 bits per heavy atom. The van der Waals surface area contributed by atoms with Crippen LogP contribution in [-0.2, 0) is 5.41 Å². The molecule has 0 aromatic heterocycles. The highest BCUT2D eigenvalue weighted by molar-refractivity contribution is 6.30. The zero-order valence-corrected chi connectivity index (χ0v) is 16.1. The Morgan fingerprint density at radius 3 is 2.19 bits per heavy atom. The Morgan fingerprint density at radius 2 is 1.56 bits per heavy atom. The van der Waals surface area contributed by atoms with Crippen LogP contribution in [0, 0.1) is 0 Å². The number of aliphatic hydroxyl groups is 1. The van der Waals surface area contributed by atoms with Crippen molar-refractivity contribution in [3.63, 3.8) is 0 Å². The summed E-state index contributed by atoms with van der Waals surface area (Å²) >= 11 is 6.07. The van der Waals surface area contributed by atoms with Crippen LogP contribution < -0.4 is 4.74 Å². The van der Waals surface area contributed by atoms with Gasteiger partial charge < -0.3 is 9.84 Å². The van der Waals surface area contributed by atoms with Crippen LogP contribution >= 0.6 is 11.6 Å².